The summed E-state index contributed by atoms with van der Waals surface area (Å²) in [5.41, 5.74) is 7.53. The number of nitrogens with one attached hydrogen (secondary N) is 1. The van der Waals surface area contributed by atoms with E-state index >= 15 is 0 Å². The minimum Gasteiger partial charge on any atom is -0.381 e. The molecular formula is C16H26N2O. The van der Waals surface area contributed by atoms with E-state index in [1.165, 1.54) is 12.0 Å². The van der Waals surface area contributed by atoms with Gasteiger partial charge in [0.2, 0.25) is 0 Å². The van der Waals surface area contributed by atoms with E-state index in [0.29, 0.717) is 17.9 Å². The van der Waals surface area contributed by atoms with Gasteiger partial charge in [0.25, 0.3) is 0 Å². The minimum atomic E-state index is 0.0979. The summed E-state index contributed by atoms with van der Waals surface area (Å²) in [6, 6.07) is 10.9. The van der Waals surface area contributed by atoms with Crippen LogP contribution in [0.15, 0.2) is 30.3 Å². The van der Waals surface area contributed by atoms with Crippen LogP contribution in [-0.2, 0) is 4.74 Å². The molecule has 3 nitrogen and oxygen atoms in total. The van der Waals surface area contributed by atoms with Gasteiger partial charge in [0.1, 0.15) is 0 Å². The number of ether oxygens (including phenoxy) is 1. The lowest BCUT2D eigenvalue weighted by atomic mass is 9.94. The van der Waals surface area contributed by atoms with Gasteiger partial charge in [-0.1, -0.05) is 37.3 Å². The summed E-state index contributed by atoms with van der Waals surface area (Å²) in [7, 11) is 0. The third kappa shape index (κ3) is 4.03. The molecule has 0 aromatic heterocycles. The number of hydrogen-bond donors (Lipinski definition) is 2. The van der Waals surface area contributed by atoms with Crippen molar-refractivity contribution in [2.75, 3.05) is 19.8 Å². The molecule has 4 atom stereocenters. The van der Waals surface area contributed by atoms with Crippen LogP contribution in [-0.4, -0.2) is 25.8 Å². The highest BCUT2D eigenvalue weighted by Crippen LogP contribution is 2.20. The molecule has 1 fully saturated rings. The quantitative estimate of drug-likeness (QED) is 0.827. The highest BCUT2D eigenvalue weighted by atomic mass is 16.5. The fraction of sp³-hybridized carbons (Fsp3) is 0.625. The van der Waals surface area contributed by atoms with E-state index in [1.54, 1.807) is 0 Å². The maximum absolute atomic E-state index is 6.31. The van der Waals surface area contributed by atoms with Gasteiger partial charge in [0.15, 0.2) is 0 Å². The van der Waals surface area contributed by atoms with Crippen molar-refractivity contribution in [1.29, 1.82) is 0 Å². The van der Waals surface area contributed by atoms with Crippen molar-refractivity contribution < 1.29 is 4.74 Å². The summed E-state index contributed by atoms with van der Waals surface area (Å²) in [4.78, 5) is 0. The molecule has 106 valence electrons. The van der Waals surface area contributed by atoms with E-state index in [0.717, 1.165) is 19.8 Å². The summed E-state index contributed by atoms with van der Waals surface area (Å²) in [6.07, 6.45) is 1.17. The molecule has 1 aromatic carbocycles. The summed E-state index contributed by atoms with van der Waals surface area (Å²) >= 11 is 0. The van der Waals surface area contributed by atoms with Gasteiger partial charge in [-0.15, -0.1) is 0 Å². The molecule has 3 heteroatoms. The van der Waals surface area contributed by atoms with E-state index in [9.17, 15) is 0 Å². The first-order chi connectivity index (χ1) is 9.18. The van der Waals surface area contributed by atoms with Gasteiger partial charge >= 0.3 is 0 Å². The molecule has 0 saturated carbocycles. The van der Waals surface area contributed by atoms with Gasteiger partial charge in [-0.25, -0.2) is 0 Å². The maximum Gasteiger partial charge on any atom is 0.0509 e. The van der Waals surface area contributed by atoms with Gasteiger partial charge in [0, 0.05) is 18.7 Å². The Morgan fingerprint density at radius 2 is 2.05 bits per heavy atom. The fourth-order valence-electron chi connectivity index (χ4n) is 2.62. The molecule has 0 amide bonds. The Morgan fingerprint density at radius 3 is 2.68 bits per heavy atom. The normalized spacial score (nSPS) is 24.1. The summed E-state index contributed by atoms with van der Waals surface area (Å²) in [5.74, 6) is 1.08. The van der Waals surface area contributed by atoms with E-state index in [2.05, 4.69) is 31.3 Å². The predicted octanol–water partition coefficient (Wildman–Crippen LogP) is 2.34. The van der Waals surface area contributed by atoms with Crippen molar-refractivity contribution in [2.45, 2.75) is 32.4 Å². The molecule has 0 bridgehead atoms. The van der Waals surface area contributed by atoms with Crippen LogP contribution in [0.1, 0.15) is 31.9 Å². The van der Waals surface area contributed by atoms with Gasteiger partial charge in [-0.3, -0.25) is 0 Å². The molecule has 0 aliphatic carbocycles. The second-order valence-corrected chi connectivity index (χ2v) is 5.73. The Kier molecular flexibility index (Phi) is 5.37. The van der Waals surface area contributed by atoms with Crippen LogP contribution in [0.25, 0.3) is 0 Å². The highest BCUT2D eigenvalue weighted by Gasteiger charge is 2.23. The molecule has 1 saturated heterocycles. The molecular weight excluding hydrogens is 236 g/mol. The van der Waals surface area contributed by atoms with Crippen LogP contribution in [0.4, 0.5) is 0 Å². The lowest BCUT2D eigenvalue weighted by Gasteiger charge is -2.25. The van der Waals surface area contributed by atoms with Gasteiger partial charge in [-0.05, 0) is 37.3 Å². The molecule has 1 aliphatic rings. The van der Waals surface area contributed by atoms with E-state index in [1.807, 2.05) is 18.2 Å². The third-order valence-corrected chi connectivity index (χ3v) is 4.23. The fourth-order valence-corrected chi connectivity index (χ4v) is 2.62. The maximum atomic E-state index is 6.31. The zero-order valence-electron chi connectivity index (χ0n) is 12.0. The van der Waals surface area contributed by atoms with Crippen LogP contribution in [0.5, 0.6) is 0 Å². The molecule has 4 unspecified atom stereocenters. The Labute approximate surface area is 116 Å². The summed E-state index contributed by atoms with van der Waals surface area (Å²) < 4.78 is 5.44. The van der Waals surface area contributed by atoms with Crippen LogP contribution in [0, 0.1) is 11.8 Å². The number of rotatable bonds is 6. The Bertz CT molecular complexity index is 362. The van der Waals surface area contributed by atoms with Crippen molar-refractivity contribution in [3.63, 3.8) is 0 Å². The minimum absolute atomic E-state index is 0.0979. The van der Waals surface area contributed by atoms with Crippen LogP contribution < -0.4 is 11.1 Å². The summed E-state index contributed by atoms with van der Waals surface area (Å²) in [5, 5.41) is 3.61. The second-order valence-electron chi connectivity index (χ2n) is 5.73. The average Bonchev–Trinajstić information content (AvgIpc) is 2.98. The molecule has 1 heterocycles. The van der Waals surface area contributed by atoms with E-state index in [4.69, 9.17) is 10.5 Å². The monoisotopic (exact) mass is 262 g/mol. The SMILES string of the molecule is CC(CNC(C)C1CCOC1)C(N)c1ccccc1. The largest absolute Gasteiger partial charge is 0.381 e. The molecule has 1 aliphatic heterocycles. The lowest BCUT2D eigenvalue weighted by Crippen LogP contribution is -2.38. The predicted molar refractivity (Wildman–Crippen MR) is 78.9 cm³/mol. The van der Waals surface area contributed by atoms with E-state index < -0.39 is 0 Å². The molecule has 3 N–H and O–H groups in total. The standard InChI is InChI=1S/C16H26N2O/c1-12(16(17)14-6-4-3-5-7-14)10-18-13(2)15-8-9-19-11-15/h3-7,12-13,15-16,18H,8-11,17H2,1-2H3. The molecule has 2 rings (SSSR count). The molecule has 0 radical (unpaired) electrons. The topological polar surface area (TPSA) is 47.3 Å². The first kappa shape index (κ1) is 14.5. The van der Waals surface area contributed by atoms with Crippen molar-refractivity contribution in [3.8, 4) is 0 Å². The van der Waals surface area contributed by atoms with Gasteiger partial charge in [0.05, 0.1) is 6.61 Å². The van der Waals surface area contributed by atoms with Crippen LogP contribution in [0.2, 0.25) is 0 Å². The highest BCUT2D eigenvalue weighted by molar-refractivity contribution is 5.19. The second kappa shape index (κ2) is 7.04. The third-order valence-electron chi connectivity index (χ3n) is 4.23. The number of nitrogens with two attached hydrogens (primary N) is 1. The lowest BCUT2D eigenvalue weighted by molar-refractivity contribution is 0.177. The van der Waals surface area contributed by atoms with Crippen LogP contribution in [0.3, 0.4) is 0 Å². The van der Waals surface area contributed by atoms with Crippen LogP contribution >= 0.6 is 0 Å². The van der Waals surface area contributed by atoms with Crippen molar-refractivity contribution in [3.05, 3.63) is 35.9 Å². The van der Waals surface area contributed by atoms with Crippen molar-refractivity contribution in [2.24, 2.45) is 17.6 Å². The van der Waals surface area contributed by atoms with Gasteiger partial charge < -0.3 is 15.8 Å². The van der Waals surface area contributed by atoms with Crippen molar-refractivity contribution in [1.82, 2.24) is 5.32 Å². The molecule has 1 aromatic rings. The smallest absolute Gasteiger partial charge is 0.0509 e. The van der Waals surface area contributed by atoms with Crippen molar-refractivity contribution >= 4 is 0 Å². The zero-order valence-corrected chi connectivity index (χ0v) is 12.0. The average molecular weight is 262 g/mol. The molecule has 0 spiro atoms. The van der Waals surface area contributed by atoms with E-state index in [-0.39, 0.29) is 6.04 Å². The zero-order chi connectivity index (χ0) is 13.7. The molecule has 19 heavy (non-hydrogen) atoms. The van der Waals surface area contributed by atoms with Gasteiger partial charge in [-0.2, -0.15) is 0 Å². The first-order valence-corrected chi connectivity index (χ1v) is 7.30. The summed E-state index contributed by atoms with van der Waals surface area (Å²) in [6.45, 7) is 7.22. The Morgan fingerprint density at radius 1 is 1.32 bits per heavy atom. The Balaban J connectivity index is 1.78. The number of benzene rings is 1. The Hall–Kier alpha value is -0.900. The first-order valence-electron chi connectivity index (χ1n) is 7.30. The number of hydrogen-bond acceptors (Lipinski definition) is 3.